The molecule has 5 N–H and O–H groups in total. The highest BCUT2D eigenvalue weighted by atomic mass is 28.4. The van der Waals surface area contributed by atoms with Crippen LogP contribution >= 0.6 is 0 Å². The van der Waals surface area contributed by atoms with Crippen molar-refractivity contribution in [2.24, 2.45) is 5.92 Å². The average molecular weight is 853 g/mol. The van der Waals surface area contributed by atoms with Gasteiger partial charge in [0.05, 0.1) is 36.9 Å². The minimum absolute atomic E-state index is 0.0507. The van der Waals surface area contributed by atoms with Gasteiger partial charge in [-0.05, 0) is 78.7 Å². The van der Waals surface area contributed by atoms with Gasteiger partial charge in [0.15, 0.2) is 5.60 Å². The predicted octanol–water partition coefficient (Wildman–Crippen LogP) is 7.55. The number of aliphatic hydroxyl groups is 1. The lowest BCUT2D eigenvalue weighted by Crippen LogP contribution is -2.45. The monoisotopic (exact) mass is 852 g/mol. The van der Waals surface area contributed by atoms with Crippen LogP contribution in [0.2, 0.25) is 18.6 Å². The standard InChI is InChI=1S/C47H49FN8O5Si/c1-29-45(62(2,3)48)42(18-20-55-28-35(19-21-57)53-54-55)61-47(29)38-24-34(52-44(59)23-32-26-50-40-11-7-5-9-37(32)40)16-17-41(38)56(46(47)60)27-30-12-14-33(15-13-30)51-43(58)22-31-25-49-39-10-6-4-8-36(31)39/h4-17,24-26,28-29,42,45,49-50,57H,18-23,27H2,1-3H3,(H,51,58)(H,52,59)/t29-,42+,45-,47+/m0/s1. The number of fused-ring (bicyclic) bond motifs is 4. The van der Waals surface area contributed by atoms with Crippen molar-refractivity contribution in [3.63, 3.8) is 0 Å². The molecule has 4 atom stereocenters. The minimum Gasteiger partial charge on any atom is -0.396 e. The number of aromatic nitrogens is 5. The van der Waals surface area contributed by atoms with E-state index in [4.69, 9.17) is 4.74 Å². The van der Waals surface area contributed by atoms with E-state index in [0.717, 1.165) is 38.5 Å². The second-order valence-electron chi connectivity index (χ2n) is 17.0. The maximum Gasteiger partial charge on any atom is 0.264 e. The number of nitrogens with one attached hydrogen (secondary N) is 4. The van der Waals surface area contributed by atoms with E-state index in [-0.39, 0.29) is 43.7 Å². The summed E-state index contributed by atoms with van der Waals surface area (Å²) < 4.78 is 25.3. The summed E-state index contributed by atoms with van der Waals surface area (Å²) in [6.07, 6.45) is 5.95. The second-order valence-corrected chi connectivity index (χ2v) is 20.8. The van der Waals surface area contributed by atoms with E-state index < -0.39 is 31.6 Å². The number of nitrogens with zero attached hydrogens (tertiary/aromatic N) is 4. The fraction of sp³-hybridized carbons (Fsp3) is 0.298. The first-order valence-electron chi connectivity index (χ1n) is 21.0. The maximum absolute atomic E-state index is 16.6. The van der Waals surface area contributed by atoms with Gasteiger partial charge in [-0.15, -0.1) is 5.10 Å². The second kappa shape index (κ2) is 16.5. The zero-order valence-electron chi connectivity index (χ0n) is 34.8. The average Bonchev–Trinajstić information content (AvgIpc) is 4.07. The van der Waals surface area contributed by atoms with Crippen molar-refractivity contribution in [2.75, 3.05) is 22.1 Å². The summed E-state index contributed by atoms with van der Waals surface area (Å²) in [5.41, 5.74) is 5.40. The van der Waals surface area contributed by atoms with E-state index in [1.54, 1.807) is 34.9 Å². The molecule has 9 rings (SSSR count). The molecule has 5 heterocycles. The lowest BCUT2D eigenvalue weighted by atomic mass is 9.82. The lowest BCUT2D eigenvalue weighted by molar-refractivity contribution is -0.146. The van der Waals surface area contributed by atoms with Gasteiger partial charge in [-0.2, -0.15) is 0 Å². The van der Waals surface area contributed by atoms with Crippen LogP contribution in [0.3, 0.4) is 0 Å². The number of aromatic amines is 2. The lowest BCUT2D eigenvalue weighted by Gasteiger charge is -2.31. The van der Waals surface area contributed by atoms with E-state index in [1.807, 2.05) is 104 Å². The molecular weight excluding hydrogens is 804 g/mol. The number of amides is 3. The van der Waals surface area contributed by atoms with Gasteiger partial charge in [0.2, 0.25) is 20.2 Å². The molecule has 13 nitrogen and oxygen atoms in total. The van der Waals surface area contributed by atoms with Gasteiger partial charge in [0, 0.05) is 88.4 Å². The Balaban J connectivity index is 0.991. The summed E-state index contributed by atoms with van der Waals surface area (Å²) in [6, 6.07) is 28.5. The van der Waals surface area contributed by atoms with Crippen LogP contribution in [0.5, 0.6) is 0 Å². The quantitative estimate of drug-likeness (QED) is 0.0556. The number of H-pyrrole nitrogens is 2. The van der Waals surface area contributed by atoms with Crippen LogP contribution in [-0.2, 0) is 57.1 Å². The number of hydrogen-bond acceptors (Lipinski definition) is 7. The molecule has 7 aromatic rings. The number of rotatable bonds is 14. The molecule has 2 aliphatic heterocycles. The molecule has 3 aromatic heterocycles. The molecule has 0 bridgehead atoms. The van der Waals surface area contributed by atoms with Crippen LogP contribution in [0, 0.1) is 5.92 Å². The Bertz CT molecular complexity index is 2790. The van der Waals surface area contributed by atoms with Gasteiger partial charge in [-0.1, -0.05) is 60.7 Å². The first kappa shape index (κ1) is 41.0. The van der Waals surface area contributed by atoms with E-state index in [2.05, 4.69) is 30.9 Å². The van der Waals surface area contributed by atoms with Gasteiger partial charge in [0.25, 0.3) is 5.91 Å². The number of carbonyl (C=O) groups excluding carboxylic acids is 3. The molecule has 0 radical (unpaired) electrons. The zero-order chi connectivity index (χ0) is 43.2. The molecular formula is C47H49FN8O5Si. The molecule has 3 amide bonds. The molecule has 62 heavy (non-hydrogen) atoms. The summed E-state index contributed by atoms with van der Waals surface area (Å²) in [4.78, 5) is 50.0. The highest BCUT2D eigenvalue weighted by Crippen LogP contribution is 2.60. The van der Waals surface area contributed by atoms with Crippen LogP contribution in [-0.4, -0.2) is 68.9 Å². The van der Waals surface area contributed by atoms with Crippen LogP contribution in [0.1, 0.15) is 41.3 Å². The summed E-state index contributed by atoms with van der Waals surface area (Å²) >= 11 is 0. The predicted molar refractivity (Wildman–Crippen MR) is 239 cm³/mol. The summed E-state index contributed by atoms with van der Waals surface area (Å²) in [7, 11) is -3.47. The van der Waals surface area contributed by atoms with Gasteiger partial charge >= 0.3 is 0 Å². The molecule has 2 aliphatic rings. The highest BCUT2D eigenvalue weighted by molar-refractivity contribution is 6.72. The van der Waals surface area contributed by atoms with E-state index in [0.29, 0.717) is 47.7 Å². The fourth-order valence-corrected chi connectivity index (χ4v) is 12.2. The summed E-state index contributed by atoms with van der Waals surface area (Å²) in [5.74, 6) is -1.22. The van der Waals surface area contributed by atoms with Crippen LogP contribution in [0.15, 0.2) is 110 Å². The molecule has 4 aromatic carbocycles. The van der Waals surface area contributed by atoms with Crippen LogP contribution < -0.4 is 15.5 Å². The van der Waals surface area contributed by atoms with E-state index in [9.17, 15) is 14.7 Å². The van der Waals surface area contributed by atoms with Crippen molar-refractivity contribution in [2.45, 2.75) is 76.0 Å². The smallest absolute Gasteiger partial charge is 0.264 e. The number of anilines is 3. The van der Waals surface area contributed by atoms with Gasteiger partial charge in [0.1, 0.15) is 0 Å². The first-order chi connectivity index (χ1) is 29.9. The number of halogens is 1. The Labute approximate surface area is 358 Å². The topological polar surface area (TPSA) is 170 Å². The number of benzene rings is 4. The molecule has 15 heteroatoms. The largest absolute Gasteiger partial charge is 0.396 e. The highest BCUT2D eigenvalue weighted by Gasteiger charge is 2.66. The normalized spacial score (nSPS) is 19.8. The Morgan fingerprint density at radius 3 is 2.13 bits per heavy atom. The molecule has 0 aliphatic carbocycles. The maximum atomic E-state index is 16.6. The third-order valence-corrected chi connectivity index (χ3v) is 14.9. The third-order valence-electron chi connectivity index (χ3n) is 12.5. The van der Waals surface area contributed by atoms with Crippen molar-refractivity contribution in [1.29, 1.82) is 0 Å². The number of para-hydroxylation sites is 2. The van der Waals surface area contributed by atoms with E-state index >= 15 is 8.90 Å². The number of carbonyl (C=O) groups is 3. The zero-order valence-corrected chi connectivity index (χ0v) is 35.8. The van der Waals surface area contributed by atoms with Crippen LogP contribution in [0.25, 0.3) is 21.8 Å². The molecule has 1 spiro atoms. The van der Waals surface area contributed by atoms with E-state index in [1.165, 1.54) is 0 Å². The first-order valence-corrected chi connectivity index (χ1v) is 24.0. The molecule has 0 unspecified atom stereocenters. The number of aryl methyl sites for hydroxylation is 1. The van der Waals surface area contributed by atoms with Crippen molar-refractivity contribution < 1.29 is 28.3 Å². The summed E-state index contributed by atoms with van der Waals surface area (Å²) in [6.45, 7) is 5.77. The number of aliphatic hydroxyl groups excluding tert-OH is 1. The Morgan fingerprint density at radius 1 is 0.887 bits per heavy atom. The minimum atomic E-state index is -3.47. The van der Waals surface area contributed by atoms with Gasteiger partial charge < -0.3 is 39.5 Å². The summed E-state index contributed by atoms with van der Waals surface area (Å²) in [5, 5.41) is 25.8. The van der Waals surface area contributed by atoms with Gasteiger partial charge in [-0.3, -0.25) is 19.1 Å². The van der Waals surface area contributed by atoms with Crippen molar-refractivity contribution in [1.82, 2.24) is 25.0 Å². The Hall–Kier alpha value is -6.42. The number of hydrogen-bond donors (Lipinski definition) is 5. The van der Waals surface area contributed by atoms with Crippen molar-refractivity contribution in [3.8, 4) is 0 Å². The van der Waals surface area contributed by atoms with Crippen molar-refractivity contribution >= 4 is 65.0 Å². The molecule has 1 saturated heterocycles. The number of ether oxygens (including phenoxy) is 1. The SMILES string of the molecule is C[C@H]1[C@H]([Si](C)(C)F)[C@@H](CCn2cc(CCO)nn2)O[C@]12C(=O)N(Cc1ccc(NC(=O)Cc3c[nH]c4ccccc34)cc1)c1ccc(NC(=O)Cc3c[nH]c4ccccc34)cc12. The molecule has 318 valence electrons. The van der Waals surface area contributed by atoms with Crippen LogP contribution in [0.4, 0.5) is 21.2 Å². The molecule has 1 fully saturated rings. The van der Waals surface area contributed by atoms with Crippen molar-refractivity contribution in [3.05, 3.63) is 138 Å². The fourth-order valence-electron chi connectivity index (χ4n) is 9.68. The Morgan fingerprint density at radius 2 is 1.50 bits per heavy atom. The Kier molecular flexibility index (Phi) is 10.9. The van der Waals surface area contributed by atoms with Gasteiger partial charge in [-0.25, -0.2) is 0 Å². The molecule has 0 saturated carbocycles. The third kappa shape index (κ3) is 7.71.